The number of hydrogen-bond donors (Lipinski definition) is 1. The lowest BCUT2D eigenvalue weighted by molar-refractivity contribution is -0.139. The van der Waals surface area contributed by atoms with E-state index in [0.717, 1.165) is 17.7 Å². The number of alkyl halides is 6. The monoisotopic (exact) mass is 501 g/mol. The fourth-order valence-electron chi connectivity index (χ4n) is 2.88. The van der Waals surface area contributed by atoms with E-state index >= 15 is 0 Å². The highest BCUT2D eigenvalue weighted by molar-refractivity contribution is 7.87. The number of fused-ring (bicyclic) bond motifs is 1. The summed E-state index contributed by atoms with van der Waals surface area (Å²) in [6.45, 7) is -1.98. The van der Waals surface area contributed by atoms with Gasteiger partial charge in [-0.3, -0.25) is 4.18 Å². The molecule has 0 aromatic heterocycles. The van der Waals surface area contributed by atoms with Crippen LogP contribution < -0.4 is 10.1 Å². The molecule has 1 unspecified atom stereocenters. The molecule has 13 heteroatoms. The first kappa shape index (κ1) is 24.2. The van der Waals surface area contributed by atoms with Crippen molar-refractivity contribution in [2.45, 2.75) is 17.7 Å². The summed E-state index contributed by atoms with van der Waals surface area (Å²) in [7, 11) is -5.87. The molecule has 1 N–H and O–H groups in total. The highest BCUT2D eigenvalue weighted by Crippen LogP contribution is 2.40. The molecule has 3 rings (SSSR count). The van der Waals surface area contributed by atoms with Gasteiger partial charge in [-0.05, 0) is 29.3 Å². The van der Waals surface area contributed by atoms with Gasteiger partial charge in [0.15, 0.2) is 0 Å². The van der Waals surface area contributed by atoms with E-state index in [1.54, 1.807) is 30.4 Å². The predicted octanol–water partition coefficient (Wildman–Crippen LogP) is 5.78. The first-order valence-electron chi connectivity index (χ1n) is 8.82. The second kappa shape index (κ2) is 8.83. The molecule has 0 saturated carbocycles. The molecule has 1 heterocycles. The van der Waals surface area contributed by atoms with Crippen molar-refractivity contribution in [3.8, 4) is 5.75 Å². The maximum atomic E-state index is 13.5. The summed E-state index contributed by atoms with van der Waals surface area (Å²) in [5.74, 6) is -0.688. The van der Waals surface area contributed by atoms with E-state index in [-0.39, 0.29) is 5.56 Å². The van der Waals surface area contributed by atoms with Gasteiger partial charge in [0, 0.05) is 0 Å². The number of anilines is 1. The Morgan fingerprint density at radius 1 is 1.03 bits per heavy atom. The number of rotatable bonds is 6. The van der Waals surface area contributed by atoms with Crippen molar-refractivity contribution in [3.05, 3.63) is 64.2 Å². The Morgan fingerprint density at radius 3 is 2.41 bits per heavy atom. The van der Waals surface area contributed by atoms with E-state index in [1.807, 2.05) is 0 Å². The number of ether oxygens (including phenoxy) is 1. The SMILES string of the molecule is O=S(=O)(OCCOc1ccc(C2C=Cc3cccc(Cl)c3N2)cc1C(F)(F)F)C(F)(F)F. The van der Waals surface area contributed by atoms with E-state index in [2.05, 4.69) is 9.50 Å². The minimum absolute atomic E-state index is 0.224. The standard InChI is InChI=1S/C19H14ClF6NO4S/c20-14-3-1-2-11-4-6-15(27-17(11)14)12-5-7-16(13(10-12)18(21,22)23)30-8-9-31-32(28,29)19(24,25)26/h1-7,10,15,27H,8-9H2. The molecule has 5 nitrogen and oxygen atoms in total. The van der Waals surface area contributed by atoms with Gasteiger partial charge in [0.1, 0.15) is 19.0 Å². The van der Waals surface area contributed by atoms with Crippen LogP contribution in [-0.2, 0) is 20.5 Å². The molecule has 2 aromatic rings. The van der Waals surface area contributed by atoms with Crippen molar-refractivity contribution >= 4 is 33.5 Å². The summed E-state index contributed by atoms with van der Waals surface area (Å²) in [5, 5.41) is 3.43. The zero-order valence-corrected chi connectivity index (χ0v) is 17.4. The number of hydrogen-bond acceptors (Lipinski definition) is 5. The number of halogens is 7. The minimum atomic E-state index is -5.87. The second-order valence-corrected chi connectivity index (χ2v) is 8.52. The lowest BCUT2D eigenvalue weighted by atomic mass is 9.98. The summed E-state index contributed by atoms with van der Waals surface area (Å²) in [5.41, 5.74) is -5.29. The van der Waals surface area contributed by atoms with Crippen LogP contribution in [0.5, 0.6) is 5.75 Å². The average Bonchev–Trinajstić information content (AvgIpc) is 2.70. The van der Waals surface area contributed by atoms with Gasteiger partial charge in [-0.2, -0.15) is 34.8 Å². The molecule has 1 aliphatic heterocycles. The number of benzene rings is 2. The molecule has 174 valence electrons. The molecule has 2 aromatic carbocycles. The van der Waals surface area contributed by atoms with Crippen LogP contribution in [0.15, 0.2) is 42.5 Å². The van der Waals surface area contributed by atoms with Crippen molar-refractivity contribution < 1.29 is 43.7 Å². The van der Waals surface area contributed by atoms with Gasteiger partial charge in [-0.15, -0.1) is 0 Å². The Kier molecular flexibility index (Phi) is 6.68. The summed E-state index contributed by atoms with van der Waals surface area (Å²) >= 11 is 6.13. The van der Waals surface area contributed by atoms with Crippen molar-refractivity contribution in [2.75, 3.05) is 18.5 Å². The third kappa shape index (κ3) is 5.30. The van der Waals surface area contributed by atoms with Crippen LogP contribution in [-0.4, -0.2) is 27.1 Å². The van der Waals surface area contributed by atoms with E-state index in [9.17, 15) is 34.8 Å². The van der Waals surface area contributed by atoms with Crippen LogP contribution in [0, 0.1) is 0 Å². The molecule has 0 saturated heterocycles. The van der Waals surface area contributed by atoms with Gasteiger partial charge in [0.25, 0.3) is 0 Å². The summed E-state index contributed by atoms with van der Waals surface area (Å²) < 4.78 is 107. The van der Waals surface area contributed by atoms with Crippen LogP contribution >= 0.6 is 11.6 Å². The molecule has 0 amide bonds. The van der Waals surface area contributed by atoms with E-state index in [4.69, 9.17) is 16.3 Å². The first-order valence-corrected chi connectivity index (χ1v) is 10.6. The van der Waals surface area contributed by atoms with Crippen LogP contribution in [0.25, 0.3) is 6.08 Å². The minimum Gasteiger partial charge on any atom is -0.490 e. The molecular formula is C19H14ClF6NO4S. The lowest BCUT2D eigenvalue weighted by Gasteiger charge is -2.25. The van der Waals surface area contributed by atoms with Crippen molar-refractivity contribution in [1.82, 2.24) is 0 Å². The molecule has 1 aliphatic rings. The molecule has 0 aliphatic carbocycles. The van der Waals surface area contributed by atoms with Gasteiger partial charge in [0.2, 0.25) is 0 Å². The maximum Gasteiger partial charge on any atom is 0.523 e. The Balaban J connectivity index is 1.77. The van der Waals surface area contributed by atoms with Gasteiger partial charge in [0.05, 0.1) is 22.3 Å². The molecular weight excluding hydrogens is 488 g/mol. The summed E-state index contributed by atoms with van der Waals surface area (Å²) in [4.78, 5) is 0. The Labute approximate surface area is 183 Å². The zero-order valence-electron chi connectivity index (χ0n) is 15.8. The average molecular weight is 502 g/mol. The van der Waals surface area contributed by atoms with E-state index in [1.165, 1.54) is 6.07 Å². The van der Waals surface area contributed by atoms with Gasteiger partial charge >= 0.3 is 21.8 Å². The predicted molar refractivity (Wildman–Crippen MR) is 105 cm³/mol. The third-order valence-corrected chi connectivity index (χ3v) is 5.70. The molecule has 0 radical (unpaired) electrons. The van der Waals surface area contributed by atoms with Gasteiger partial charge in [-0.1, -0.05) is 42.0 Å². The smallest absolute Gasteiger partial charge is 0.490 e. The molecule has 0 spiro atoms. The topological polar surface area (TPSA) is 64.6 Å². The highest BCUT2D eigenvalue weighted by Gasteiger charge is 2.47. The molecule has 32 heavy (non-hydrogen) atoms. The van der Waals surface area contributed by atoms with E-state index in [0.29, 0.717) is 10.7 Å². The fraction of sp³-hybridized carbons (Fsp3) is 0.263. The normalized spacial score (nSPS) is 16.4. The maximum absolute atomic E-state index is 13.5. The summed E-state index contributed by atoms with van der Waals surface area (Å²) in [6.07, 6.45) is -1.50. The molecule has 0 fully saturated rings. The van der Waals surface area contributed by atoms with Crippen molar-refractivity contribution in [1.29, 1.82) is 0 Å². The Morgan fingerprint density at radius 2 is 1.75 bits per heavy atom. The van der Waals surface area contributed by atoms with Gasteiger partial charge < -0.3 is 10.1 Å². The van der Waals surface area contributed by atoms with Crippen LogP contribution in [0.1, 0.15) is 22.7 Å². The number of nitrogens with one attached hydrogen (secondary N) is 1. The first-order chi connectivity index (χ1) is 14.8. The highest BCUT2D eigenvalue weighted by atomic mass is 35.5. The molecule has 0 bridgehead atoms. The quantitative estimate of drug-likeness (QED) is 0.235. The summed E-state index contributed by atoms with van der Waals surface area (Å²) in [6, 6.07) is 7.65. The van der Waals surface area contributed by atoms with E-state index < -0.39 is 52.4 Å². The third-order valence-electron chi connectivity index (χ3n) is 4.34. The lowest BCUT2D eigenvalue weighted by Crippen LogP contribution is -2.27. The molecule has 1 atom stereocenters. The van der Waals surface area contributed by atoms with Crippen molar-refractivity contribution in [2.24, 2.45) is 0 Å². The van der Waals surface area contributed by atoms with Crippen molar-refractivity contribution in [3.63, 3.8) is 0 Å². The van der Waals surface area contributed by atoms with Crippen LogP contribution in [0.2, 0.25) is 5.02 Å². The Hall–Kier alpha value is -2.44. The van der Waals surface area contributed by atoms with Gasteiger partial charge in [-0.25, -0.2) is 0 Å². The largest absolute Gasteiger partial charge is 0.523 e. The second-order valence-electron chi connectivity index (χ2n) is 6.51. The fourth-order valence-corrected chi connectivity index (χ4v) is 3.54. The Bertz CT molecular complexity index is 1130. The zero-order chi connectivity index (χ0) is 23.7. The van der Waals surface area contributed by atoms with Crippen LogP contribution in [0.3, 0.4) is 0 Å². The van der Waals surface area contributed by atoms with Crippen LogP contribution in [0.4, 0.5) is 32.0 Å². The number of para-hydroxylation sites is 1.